The second kappa shape index (κ2) is 11.2. The van der Waals surface area contributed by atoms with E-state index in [0.717, 1.165) is 6.07 Å². The summed E-state index contributed by atoms with van der Waals surface area (Å²) in [7, 11) is 0. The van der Waals surface area contributed by atoms with E-state index in [2.05, 4.69) is 5.10 Å². The standard InChI is InChI=1S/C29H23Cl2F2N3O3/c30-20-7-5-18(6-8-20)28-23(16-26(37)38)27(34-36(28)25-4-2-1-3-24(25)31)29(39)35-11-9-17(10-12-35)19-13-21(32)15-22(33)14-19/h1-8,13-15,17H,9-12,16H2,(H,37,38). The van der Waals surface area contributed by atoms with Crippen LogP contribution in [0.25, 0.3) is 16.9 Å². The molecule has 0 bridgehead atoms. The topological polar surface area (TPSA) is 75.4 Å². The van der Waals surface area contributed by atoms with Crippen molar-refractivity contribution < 1.29 is 23.5 Å². The highest BCUT2D eigenvalue weighted by molar-refractivity contribution is 6.32. The highest BCUT2D eigenvalue weighted by atomic mass is 35.5. The van der Waals surface area contributed by atoms with Crippen molar-refractivity contribution in [2.75, 3.05) is 13.1 Å². The maximum Gasteiger partial charge on any atom is 0.307 e. The molecule has 1 saturated heterocycles. The molecule has 1 N–H and O–H groups in total. The monoisotopic (exact) mass is 569 g/mol. The number of likely N-dealkylation sites (tertiary alicyclic amines) is 1. The first-order valence-corrected chi connectivity index (χ1v) is 13.1. The molecule has 1 aromatic heterocycles. The van der Waals surface area contributed by atoms with E-state index in [1.807, 2.05) is 0 Å². The number of rotatable bonds is 6. The maximum atomic E-state index is 13.8. The number of hydrogen-bond acceptors (Lipinski definition) is 3. The lowest BCUT2D eigenvalue weighted by molar-refractivity contribution is -0.136. The molecule has 10 heteroatoms. The van der Waals surface area contributed by atoms with Crippen molar-refractivity contribution in [1.29, 1.82) is 0 Å². The van der Waals surface area contributed by atoms with Gasteiger partial charge in [-0.05, 0) is 60.7 Å². The molecule has 0 radical (unpaired) electrons. The fourth-order valence-corrected chi connectivity index (χ4v) is 5.36. The molecule has 6 nitrogen and oxygen atoms in total. The summed E-state index contributed by atoms with van der Waals surface area (Å²) in [5.74, 6) is -2.92. The number of piperidine rings is 1. The molecule has 1 amide bonds. The number of aliphatic carboxylic acids is 1. The van der Waals surface area contributed by atoms with E-state index in [0.29, 0.717) is 58.5 Å². The Morgan fingerprint density at radius 1 is 0.949 bits per heavy atom. The van der Waals surface area contributed by atoms with Crippen LogP contribution in [0.2, 0.25) is 10.0 Å². The number of carboxylic acid groups (broad SMARTS) is 1. The molecule has 0 saturated carbocycles. The summed E-state index contributed by atoms with van der Waals surface area (Å²) >= 11 is 12.6. The fourth-order valence-electron chi connectivity index (χ4n) is 5.02. The van der Waals surface area contributed by atoms with Crippen molar-refractivity contribution in [2.45, 2.75) is 25.2 Å². The molecule has 1 fully saturated rings. The lowest BCUT2D eigenvalue weighted by Crippen LogP contribution is -2.38. The fraction of sp³-hybridized carbons (Fsp3) is 0.207. The number of aromatic nitrogens is 2. The maximum absolute atomic E-state index is 13.8. The second-order valence-electron chi connectivity index (χ2n) is 9.39. The van der Waals surface area contributed by atoms with Gasteiger partial charge in [0.15, 0.2) is 5.69 Å². The number of para-hydroxylation sites is 1. The molecular weight excluding hydrogens is 547 g/mol. The normalized spacial score (nSPS) is 14.0. The van der Waals surface area contributed by atoms with E-state index in [4.69, 9.17) is 23.2 Å². The number of carboxylic acids is 1. The third-order valence-electron chi connectivity index (χ3n) is 6.85. The van der Waals surface area contributed by atoms with Crippen molar-refractivity contribution in [3.63, 3.8) is 0 Å². The minimum atomic E-state index is -1.12. The molecule has 4 aromatic rings. The Hall–Kier alpha value is -3.75. The third-order valence-corrected chi connectivity index (χ3v) is 7.42. The zero-order valence-corrected chi connectivity index (χ0v) is 22.1. The Bertz CT molecular complexity index is 1530. The van der Waals surface area contributed by atoms with Gasteiger partial charge in [-0.3, -0.25) is 9.59 Å². The molecular formula is C29H23Cl2F2N3O3. The number of nitrogens with zero attached hydrogens (tertiary/aromatic N) is 3. The Labute approximate surface area is 233 Å². The molecule has 0 atom stereocenters. The molecule has 3 aromatic carbocycles. The van der Waals surface area contributed by atoms with E-state index < -0.39 is 29.9 Å². The number of carbonyl (C=O) groups excluding carboxylic acids is 1. The van der Waals surface area contributed by atoms with Crippen LogP contribution in [0.4, 0.5) is 8.78 Å². The summed E-state index contributed by atoms with van der Waals surface area (Å²) in [4.78, 5) is 27.4. The summed E-state index contributed by atoms with van der Waals surface area (Å²) in [6, 6.07) is 17.2. The summed E-state index contributed by atoms with van der Waals surface area (Å²) in [6.07, 6.45) is 0.554. The first-order valence-electron chi connectivity index (χ1n) is 12.3. The predicted molar refractivity (Wildman–Crippen MR) is 145 cm³/mol. The highest BCUT2D eigenvalue weighted by Crippen LogP contribution is 2.35. The van der Waals surface area contributed by atoms with Gasteiger partial charge in [0.05, 0.1) is 22.8 Å². The summed E-state index contributed by atoms with van der Waals surface area (Å²) in [5, 5.41) is 15.3. The van der Waals surface area contributed by atoms with E-state index >= 15 is 0 Å². The lowest BCUT2D eigenvalue weighted by atomic mass is 9.89. The van der Waals surface area contributed by atoms with Crippen molar-refractivity contribution in [2.24, 2.45) is 0 Å². The first kappa shape index (κ1) is 26.8. The van der Waals surface area contributed by atoms with Gasteiger partial charge < -0.3 is 10.0 Å². The average Bonchev–Trinajstić information content (AvgIpc) is 3.26. The molecule has 0 aliphatic carbocycles. The van der Waals surface area contributed by atoms with E-state index in [9.17, 15) is 23.5 Å². The minimum absolute atomic E-state index is 0.0116. The number of carbonyl (C=O) groups is 2. The highest BCUT2D eigenvalue weighted by Gasteiger charge is 2.32. The summed E-state index contributed by atoms with van der Waals surface area (Å²) < 4.78 is 29.0. The molecule has 1 aliphatic rings. The van der Waals surface area contributed by atoms with Crippen LogP contribution in [0.3, 0.4) is 0 Å². The summed E-state index contributed by atoms with van der Waals surface area (Å²) in [6.45, 7) is 0.646. The van der Waals surface area contributed by atoms with Gasteiger partial charge in [-0.15, -0.1) is 0 Å². The Kier molecular flexibility index (Phi) is 7.68. The van der Waals surface area contributed by atoms with Crippen LogP contribution in [-0.2, 0) is 11.2 Å². The second-order valence-corrected chi connectivity index (χ2v) is 10.2. The minimum Gasteiger partial charge on any atom is -0.481 e. The van der Waals surface area contributed by atoms with Crippen LogP contribution < -0.4 is 0 Å². The largest absolute Gasteiger partial charge is 0.481 e. The van der Waals surface area contributed by atoms with Gasteiger partial charge in [-0.1, -0.05) is 47.5 Å². The Balaban J connectivity index is 1.54. The van der Waals surface area contributed by atoms with Gasteiger partial charge >= 0.3 is 5.97 Å². The predicted octanol–water partition coefficient (Wildman–Crippen LogP) is 6.77. The number of halogens is 4. The van der Waals surface area contributed by atoms with Crippen LogP contribution in [0.1, 0.15) is 40.4 Å². The van der Waals surface area contributed by atoms with Crippen LogP contribution in [0.5, 0.6) is 0 Å². The zero-order chi connectivity index (χ0) is 27.7. The van der Waals surface area contributed by atoms with Gasteiger partial charge in [-0.2, -0.15) is 5.10 Å². The van der Waals surface area contributed by atoms with Crippen LogP contribution >= 0.6 is 23.2 Å². The smallest absolute Gasteiger partial charge is 0.307 e. The Morgan fingerprint density at radius 3 is 2.21 bits per heavy atom. The zero-order valence-electron chi connectivity index (χ0n) is 20.6. The Morgan fingerprint density at radius 2 is 1.59 bits per heavy atom. The molecule has 2 heterocycles. The molecule has 5 rings (SSSR count). The first-order chi connectivity index (χ1) is 18.7. The van der Waals surface area contributed by atoms with Crippen molar-refractivity contribution >= 4 is 35.1 Å². The van der Waals surface area contributed by atoms with Crippen LogP contribution in [0.15, 0.2) is 66.7 Å². The van der Waals surface area contributed by atoms with E-state index in [1.165, 1.54) is 16.8 Å². The molecule has 200 valence electrons. The van der Waals surface area contributed by atoms with Gasteiger partial charge in [0.1, 0.15) is 11.6 Å². The summed E-state index contributed by atoms with van der Waals surface area (Å²) in [5.41, 5.74) is 2.35. The number of hydrogen-bond donors (Lipinski definition) is 1. The van der Waals surface area contributed by atoms with Crippen molar-refractivity contribution in [3.8, 4) is 16.9 Å². The van der Waals surface area contributed by atoms with Crippen LogP contribution in [-0.4, -0.2) is 44.8 Å². The quantitative estimate of drug-likeness (QED) is 0.278. The molecule has 0 spiro atoms. The van der Waals surface area contributed by atoms with Crippen molar-refractivity contribution in [3.05, 3.63) is 105 Å². The van der Waals surface area contributed by atoms with Gasteiger partial charge in [0.25, 0.3) is 5.91 Å². The lowest BCUT2D eigenvalue weighted by Gasteiger charge is -2.32. The van der Waals surface area contributed by atoms with E-state index in [1.54, 1.807) is 53.4 Å². The number of benzene rings is 3. The van der Waals surface area contributed by atoms with Crippen LogP contribution in [0, 0.1) is 11.6 Å². The molecule has 39 heavy (non-hydrogen) atoms. The van der Waals surface area contributed by atoms with Gasteiger partial charge in [0.2, 0.25) is 0 Å². The molecule has 0 unspecified atom stereocenters. The average molecular weight is 570 g/mol. The van der Waals surface area contributed by atoms with Crippen molar-refractivity contribution in [1.82, 2.24) is 14.7 Å². The van der Waals surface area contributed by atoms with E-state index in [-0.39, 0.29) is 17.2 Å². The molecule has 1 aliphatic heterocycles. The van der Waals surface area contributed by atoms with Gasteiger partial charge in [-0.25, -0.2) is 13.5 Å². The van der Waals surface area contributed by atoms with Gasteiger partial charge in [0, 0.05) is 35.3 Å². The third kappa shape index (κ3) is 5.67. The number of amides is 1. The SMILES string of the molecule is O=C(O)Cc1c(C(=O)N2CCC(c3cc(F)cc(F)c3)CC2)nn(-c2ccccc2Cl)c1-c1ccc(Cl)cc1.